The predicted octanol–water partition coefficient (Wildman–Crippen LogP) is 4.16. The van der Waals surface area contributed by atoms with Gasteiger partial charge in [0, 0.05) is 13.1 Å². The van der Waals surface area contributed by atoms with E-state index in [4.69, 9.17) is 4.52 Å². The monoisotopic (exact) mass is 404 g/mol. The van der Waals surface area contributed by atoms with Crippen LogP contribution < -0.4 is 9.84 Å². The molecule has 0 aliphatic carbocycles. The van der Waals surface area contributed by atoms with E-state index >= 15 is 0 Å². The first-order chi connectivity index (χ1) is 11.9. The molecule has 1 N–H and O–H groups in total. The fourth-order valence-electron chi connectivity index (χ4n) is 2.73. The maximum absolute atomic E-state index is 13.8. The molecular formula is C14H15F6N2O3P. The molecule has 5 nitrogen and oxygen atoms in total. The molecule has 1 aliphatic rings. The fourth-order valence-corrected chi connectivity index (χ4v) is 5.46. The molecular weight excluding hydrogens is 389 g/mol. The Morgan fingerprint density at radius 3 is 2.04 bits per heavy atom. The van der Waals surface area contributed by atoms with Crippen molar-refractivity contribution >= 4 is 13.4 Å². The minimum absolute atomic E-state index is 0.431. The summed E-state index contributed by atoms with van der Waals surface area (Å²) in [5, 5.41) is -4.12. The Hall–Kier alpha value is -1.74. The number of rotatable bonds is 3. The molecule has 1 amide bonds. The molecule has 1 aromatic rings. The van der Waals surface area contributed by atoms with E-state index in [0.29, 0.717) is 4.67 Å². The number of carbonyl (C=O) groups excluding carboxylic acids is 1. The second-order valence-corrected chi connectivity index (χ2v) is 7.87. The zero-order valence-corrected chi connectivity index (χ0v) is 14.5. The van der Waals surface area contributed by atoms with Gasteiger partial charge in [-0.2, -0.15) is 26.3 Å². The molecule has 1 aromatic carbocycles. The van der Waals surface area contributed by atoms with Crippen molar-refractivity contribution in [1.29, 1.82) is 0 Å². The highest BCUT2D eigenvalue weighted by Gasteiger charge is 2.84. The molecule has 1 unspecified atom stereocenters. The lowest BCUT2D eigenvalue weighted by molar-refractivity contribution is -0.276. The Bertz CT molecular complexity index is 731. The largest absolute Gasteiger partial charge is 0.432 e. The lowest BCUT2D eigenvalue weighted by Crippen LogP contribution is -2.68. The summed E-state index contributed by atoms with van der Waals surface area (Å²) >= 11 is 0. The van der Waals surface area contributed by atoms with Crippen molar-refractivity contribution < 1.29 is 40.2 Å². The molecule has 0 spiro atoms. The van der Waals surface area contributed by atoms with Crippen LogP contribution >= 0.6 is 7.52 Å². The van der Waals surface area contributed by atoms with E-state index in [-0.39, 0.29) is 0 Å². The van der Waals surface area contributed by atoms with Gasteiger partial charge in [-0.05, 0) is 12.1 Å². The van der Waals surface area contributed by atoms with E-state index in [1.165, 1.54) is 26.0 Å². The van der Waals surface area contributed by atoms with Crippen LogP contribution in [0.4, 0.5) is 26.3 Å². The molecule has 0 radical (unpaired) electrons. The first kappa shape index (κ1) is 20.6. The van der Waals surface area contributed by atoms with Crippen LogP contribution in [-0.4, -0.2) is 41.3 Å². The van der Waals surface area contributed by atoms with Crippen LogP contribution in [0.5, 0.6) is 5.75 Å². The van der Waals surface area contributed by atoms with Gasteiger partial charge in [0.2, 0.25) is 0 Å². The van der Waals surface area contributed by atoms with Crippen LogP contribution in [0.25, 0.3) is 0 Å². The summed E-state index contributed by atoms with van der Waals surface area (Å²) < 4.78 is 101. The standard InChI is InChI=1S/C14H15F6N2O3P/c1-3-22(4-2)26(24)12(13(15,16)17,14(18,19)20)21-11(23)9-7-5-6-8-10(9)25-26/h5-8H,3-4H2,1-2H3,(H,21,23). The zero-order valence-electron chi connectivity index (χ0n) is 13.6. The highest BCUT2D eigenvalue weighted by atomic mass is 31.2. The summed E-state index contributed by atoms with van der Waals surface area (Å²) in [6, 6.07) is 4.46. The minimum Gasteiger partial charge on any atom is -0.430 e. The van der Waals surface area contributed by atoms with E-state index in [1.54, 1.807) is 0 Å². The molecule has 1 atom stereocenters. The van der Waals surface area contributed by atoms with Crippen molar-refractivity contribution in [3.63, 3.8) is 0 Å². The fraction of sp³-hybridized carbons (Fsp3) is 0.500. The van der Waals surface area contributed by atoms with Crippen molar-refractivity contribution in [1.82, 2.24) is 9.99 Å². The van der Waals surface area contributed by atoms with Gasteiger partial charge in [0.1, 0.15) is 5.75 Å². The predicted molar refractivity (Wildman–Crippen MR) is 79.9 cm³/mol. The van der Waals surface area contributed by atoms with Gasteiger partial charge in [0.05, 0.1) is 5.56 Å². The summed E-state index contributed by atoms with van der Waals surface area (Å²) in [6.07, 6.45) is -12.3. The third-order valence-corrected chi connectivity index (χ3v) is 7.22. The van der Waals surface area contributed by atoms with Crippen LogP contribution in [0, 0.1) is 0 Å². The summed E-state index contributed by atoms with van der Waals surface area (Å²) in [5.74, 6) is -2.30. The Morgan fingerprint density at radius 2 is 1.58 bits per heavy atom. The van der Waals surface area contributed by atoms with E-state index in [0.717, 1.165) is 17.4 Å². The molecule has 1 heterocycles. The third-order valence-electron chi connectivity index (χ3n) is 3.99. The first-order valence-electron chi connectivity index (χ1n) is 7.45. The lowest BCUT2D eigenvalue weighted by Gasteiger charge is -2.44. The maximum Gasteiger partial charge on any atom is 0.432 e. The van der Waals surface area contributed by atoms with Crippen molar-refractivity contribution in [2.45, 2.75) is 31.5 Å². The number of fused-ring (bicyclic) bond motifs is 1. The normalized spacial score (nSPS) is 23.0. The highest BCUT2D eigenvalue weighted by Crippen LogP contribution is 2.71. The van der Waals surface area contributed by atoms with Gasteiger partial charge in [0.15, 0.2) is 0 Å². The molecule has 1 aliphatic heterocycles. The van der Waals surface area contributed by atoms with E-state index in [1.807, 2.05) is 0 Å². The van der Waals surface area contributed by atoms with Gasteiger partial charge in [0.25, 0.3) is 5.91 Å². The van der Waals surface area contributed by atoms with Gasteiger partial charge >= 0.3 is 25.2 Å². The lowest BCUT2D eigenvalue weighted by atomic mass is 10.1. The number of nitrogens with one attached hydrogen (secondary N) is 1. The average molecular weight is 404 g/mol. The van der Waals surface area contributed by atoms with Crippen LogP contribution in [-0.2, 0) is 4.57 Å². The molecule has 146 valence electrons. The Balaban J connectivity index is 2.92. The van der Waals surface area contributed by atoms with Crippen molar-refractivity contribution in [2.75, 3.05) is 13.1 Å². The van der Waals surface area contributed by atoms with Gasteiger partial charge in [-0.3, -0.25) is 9.36 Å². The third kappa shape index (κ3) is 2.77. The molecule has 0 bridgehead atoms. The Morgan fingerprint density at radius 1 is 1.08 bits per heavy atom. The second kappa shape index (κ2) is 6.45. The smallest absolute Gasteiger partial charge is 0.430 e. The van der Waals surface area contributed by atoms with Crippen LogP contribution in [0.2, 0.25) is 0 Å². The summed E-state index contributed by atoms with van der Waals surface area (Å²) in [4.78, 5) is 12.2. The second-order valence-electron chi connectivity index (χ2n) is 5.41. The van der Waals surface area contributed by atoms with Crippen LogP contribution in [0.3, 0.4) is 0 Å². The number of hydrogen-bond acceptors (Lipinski definition) is 3. The number of hydrogen-bond donors (Lipinski definition) is 1. The molecule has 12 heteroatoms. The van der Waals surface area contributed by atoms with E-state index in [9.17, 15) is 35.7 Å². The number of nitrogens with zero attached hydrogens (tertiary/aromatic N) is 1. The van der Waals surface area contributed by atoms with Crippen molar-refractivity contribution in [3.8, 4) is 5.75 Å². The Kier molecular flexibility index (Phi) is 5.11. The number of halogens is 6. The van der Waals surface area contributed by atoms with Crippen LogP contribution in [0.1, 0.15) is 24.2 Å². The van der Waals surface area contributed by atoms with Gasteiger partial charge in [-0.25, -0.2) is 4.67 Å². The van der Waals surface area contributed by atoms with Crippen LogP contribution in [0.15, 0.2) is 24.3 Å². The quantitative estimate of drug-likeness (QED) is 0.607. The number of carbonyl (C=O) groups is 1. The van der Waals surface area contributed by atoms with Crippen molar-refractivity contribution in [3.05, 3.63) is 29.8 Å². The Labute approximate surface area is 144 Å². The number of benzene rings is 1. The molecule has 0 saturated carbocycles. The molecule has 2 rings (SSSR count). The maximum atomic E-state index is 13.8. The topological polar surface area (TPSA) is 58.6 Å². The summed E-state index contributed by atoms with van der Waals surface area (Å²) in [6.45, 7) is 1.62. The molecule has 0 aromatic heterocycles. The molecule has 26 heavy (non-hydrogen) atoms. The molecule has 0 saturated heterocycles. The first-order valence-corrected chi connectivity index (χ1v) is 9.03. The summed E-state index contributed by atoms with van der Waals surface area (Å²) in [5.41, 5.74) is -0.574. The van der Waals surface area contributed by atoms with Gasteiger partial charge in [-0.15, -0.1) is 0 Å². The number of alkyl halides is 6. The average Bonchev–Trinajstić information content (AvgIpc) is 2.61. The highest BCUT2D eigenvalue weighted by molar-refractivity contribution is 7.58. The van der Waals surface area contributed by atoms with Gasteiger partial charge in [-0.1, -0.05) is 26.0 Å². The summed E-state index contributed by atoms with van der Waals surface area (Å²) in [7, 11) is -5.77. The SMILES string of the molecule is CCN(CC)P1(=O)Oc2ccccc2C(=O)NC1(C(F)(F)F)C(F)(F)F. The van der Waals surface area contributed by atoms with Gasteiger partial charge < -0.3 is 9.84 Å². The number of amides is 1. The van der Waals surface area contributed by atoms with E-state index < -0.39 is 55.5 Å². The minimum atomic E-state index is -6.14. The van der Waals surface area contributed by atoms with Crippen molar-refractivity contribution in [2.24, 2.45) is 0 Å². The van der Waals surface area contributed by atoms with E-state index in [2.05, 4.69) is 0 Å². The number of para-hydroxylation sites is 1. The molecule has 0 fully saturated rings. The zero-order chi connectivity index (χ0) is 20.0.